The molecule has 234 valence electrons. The van der Waals surface area contributed by atoms with Crippen LogP contribution in [0.4, 0.5) is 10.6 Å². The van der Waals surface area contributed by atoms with Crippen LogP contribution in [0.5, 0.6) is 0 Å². The van der Waals surface area contributed by atoms with Crippen molar-refractivity contribution in [2.75, 3.05) is 18.7 Å². The van der Waals surface area contributed by atoms with Crippen molar-refractivity contribution >= 4 is 35.3 Å². The fraction of sp³-hybridized carbons (Fsp3) is 0.593. The first-order chi connectivity index (χ1) is 20.2. The van der Waals surface area contributed by atoms with Gasteiger partial charge < -0.3 is 34.5 Å². The number of hydrogen-bond acceptors (Lipinski definition) is 14. The molecule has 16 heteroatoms. The van der Waals surface area contributed by atoms with E-state index < -0.39 is 78.7 Å². The first-order valence-corrected chi connectivity index (χ1v) is 13.5. The van der Waals surface area contributed by atoms with E-state index in [1.54, 1.807) is 41.5 Å². The van der Waals surface area contributed by atoms with Gasteiger partial charge in [-0.05, 0) is 17.5 Å². The fourth-order valence-corrected chi connectivity index (χ4v) is 4.04. The Balaban J connectivity index is 1.89. The Kier molecular flexibility index (Phi) is 10.3. The summed E-state index contributed by atoms with van der Waals surface area (Å²) in [5.74, 6) is -2.44. The molecular weight excluding hydrogens is 568 g/mol. The number of ether oxygens (including phenoxy) is 5. The van der Waals surface area contributed by atoms with Gasteiger partial charge in [0.15, 0.2) is 11.9 Å². The molecule has 1 fully saturated rings. The van der Waals surface area contributed by atoms with Gasteiger partial charge in [0.25, 0.3) is 0 Å². The molecule has 16 nitrogen and oxygen atoms in total. The van der Waals surface area contributed by atoms with E-state index in [9.17, 15) is 29.5 Å². The van der Waals surface area contributed by atoms with Crippen molar-refractivity contribution in [3.63, 3.8) is 0 Å². The summed E-state index contributed by atoms with van der Waals surface area (Å²) in [4.78, 5) is 52.7. The number of aliphatic hydroxyl groups is 1. The highest BCUT2D eigenvalue weighted by atomic mass is 16.7. The third-order valence-corrected chi connectivity index (χ3v) is 6.65. The standard InChI is InChI=1S/C27H36N6O10/c1-7-18(34)42-19-16(10-39-24(37)20(29)26(4,5)6)43-27(11-28,21(19)35)17-9-8-15-22(30-12-31-33(15)17)32-25(38)41-13-40-23(36)14(2)3/h8-9,12,14,16,19-21,35H,7,10,13,29H2,1-6H3,(H,30,31,32,38)/t16-,19-,20-,21-,27+/m1/s1. The molecule has 1 amide bonds. The van der Waals surface area contributed by atoms with Crippen LogP contribution in [0.2, 0.25) is 0 Å². The Hall–Kier alpha value is -4.33. The molecule has 2 aromatic rings. The molecule has 1 aliphatic heterocycles. The molecule has 1 saturated heterocycles. The van der Waals surface area contributed by atoms with Crippen LogP contribution in [-0.2, 0) is 43.7 Å². The zero-order valence-electron chi connectivity index (χ0n) is 24.7. The van der Waals surface area contributed by atoms with Gasteiger partial charge in [0, 0.05) is 6.42 Å². The van der Waals surface area contributed by atoms with Crippen LogP contribution in [0.1, 0.15) is 53.7 Å². The molecular formula is C27H36N6O10. The molecule has 0 bridgehead atoms. The molecule has 2 aromatic heterocycles. The van der Waals surface area contributed by atoms with E-state index in [1.807, 2.05) is 6.07 Å². The van der Waals surface area contributed by atoms with E-state index in [-0.39, 0.29) is 23.4 Å². The number of aliphatic hydroxyl groups excluding tert-OH is 1. The van der Waals surface area contributed by atoms with Crippen molar-refractivity contribution in [1.82, 2.24) is 14.6 Å². The summed E-state index contributed by atoms with van der Waals surface area (Å²) in [7, 11) is 0. The first-order valence-electron chi connectivity index (χ1n) is 13.5. The van der Waals surface area contributed by atoms with Gasteiger partial charge in [0.1, 0.15) is 42.8 Å². The maximum atomic E-state index is 12.6. The van der Waals surface area contributed by atoms with E-state index in [0.717, 1.165) is 6.33 Å². The number of esters is 3. The van der Waals surface area contributed by atoms with Crippen LogP contribution in [-0.4, -0.2) is 81.5 Å². The van der Waals surface area contributed by atoms with E-state index in [4.69, 9.17) is 29.4 Å². The number of aromatic nitrogens is 3. The summed E-state index contributed by atoms with van der Waals surface area (Å²) < 4.78 is 27.6. The summed E-state index contributed by atoms with van der Waals surface area (Å²) in [5.41, 5.74) is 3.38. The Bertz CT molecular complexity index is 1400. The number of rotatable bonds is 10. The van der Waals surface area contributed by atoms with Crippen molar-refractivity contribution < 1.29 is 48.0 Å². The molecule has 5 atom stereocenters. The van der Waals surface area contributed by atoms with Crippen LogP contribution >= 0.6 is 0 Å². The lowest BCUT2D eigenvalue weighted by Gasteiger charge is -2.26. The largest absolute Gasteiger partial charge is 0.462 e. The maximum absolute atomic E-state index is 12.6. The van der Waals surface area contributed by atoms with Crippen LogP contribution < -0.4 is 11.1 Å². The first kappa shape index (κ1) is 33.2. The van der Waals surface area contributed by atoms with Crippen molar-refractivity contribution in [2.24, 2.45) is 17.1 Å². The van der Waals surface area contributed by atoms with Crippen LogP contribution in [0, 0.1) is 22.7 Å². The lowest BCUT2D eigenvalue weighted by Crippen LogP contribution is -2.45. The summed E-state index contributed by atoms with van der Waals surface area (Å²) in [6.45, 7) is 8.95. The minimum atomic E-state index is -2.16. The predicted octanol–water partition coefficient (Wildman–Crippen LogP) is 1.15. The Morgan fingerprint density at radius 3 is 2.51 bits per heavy atom. The molecule has 0 saturated carbocycles. The van der Waals surface area contributed by atoms with Gasteiger partial charge in [0.2, 0.25) is 12.4 Å². The van der Waals surface area contributed by atoms with Gasteiger partial charge in [-0.15, -0.1) is 0 Å². The smallest absolute Gasteiger partial charge is 0.415 e. The molecule has 0 spiro atoms. The fourth-order valence-electron chi connectivity index (χ4n) is 4.04. The second-order valence-corrected chi connectivity index (χ2v) is 11.1. The number of nitriles is 1. The van der Waals surface area contributed by atoms with Crippen molar-refractivity contribution in [2.45, 2.75) is 77.9 Å². The van der Waals surface area contributed by atoms with Crippen LogP contribution in [0.3, 0.4) is 0 Å². The predicted molar refractivity (Wildman–Crippen MR) is 146 cm³/mol. The second kappa shape index (κ2) is 13.3. The lowest BCUT2D eigenvalue weighted by atomic mass is 9.87. The van der Waals surface area contributed by atoms with Gasteiger partial charge >= 0.3 is 24.0 Å². The number of nitrogens with two attached hydrogens (primary N) is 1. The van der Waals surface area contributed by atoms with Gasteiger partial charge in [-0.3, -0.25) is 19.7 Å². The number of carbonyl (C=O) groups is 4. The average Bonchev–Trinajstić information content (AvgIpc) is 3.50. The van der Waals surface area contributed by atoms with Crippen molar-refractivity contribution in [3.8, 4) is 6.07 Å². The topological polar surface area (TPSA) is 227 Å². The third kappa shape index (κ3) is 7.19. The average molecular weight is 605 g/mol. The molecule has 1 aliphatic rings. The molecule has 0 unspecified atom stereocenters. The maximum Gasteiger partial charge on any atom is 0.415 e. The van der Waals surface area contributed by atoms with E-state index >= 15 is 0 Å². The van der Waals surface area contributed by atoms with E-state index in [2.05, 4.69) is 15.4 Å². The SMILES string of the molecule is CCC(=O)O[C@H]1[C@@H](O)[C@](C#N)(c2ccc3c(NC(=O)OCOC(=O)C(C)C)ncnn23)O[C@@H]1COC(=O)[C@@H](N)C(C)(C)C. The summed E-state index contributed by atoms with van der Waals surface area (Å²) in [6, 6.07) is 3.81. The monoisotopic (exact) mass is 604 g/mol. The minimum absolute atomic E-state index is 0.0000485. The highest BCUT2D eigenvalue weighted by molar-refractivity contribution is 5.88. The van der Waals surface area contributed by atoms with Crippen molar-refractivity contribution in [1.29, 1.82) is 5.26 Å². The normalized spacial score (nSPS) is 22.5. The van der Waals surface area contributed by atoms with Gasteiger partial charge in [-0.25, -0.2) is 14.3 Å². The molecule has 0 aromatic carbocycles. The zero-order chi connectivity index (χ0) is 32.1. The van der Waals surface area contributed by atoms with Gasteiger partial charge in [-0.1, -0.05) is 41.5 Å². The minimum Gasteiger partial charge on any atom is -0.462 e. The number of nitrogens with one attached hydrogen (secondary N) is 1. The second-order valence-electron chi connectivity index (χ2n) is 11.1. The Labute approximate surface area is 247 Å². The van der Waals surface area contributed by atoms with Crippen LogP contribution in [0.25, 0.3) is 5.52 Å². The molecule has 43 heavy (non-hydrogen) atoms. The molecule has 0 radical (unpaired) electrons. The number of amides is 1. The summed E-state index contributed by atoms with van der Waals surface area (Å²) >= 11 is 0. The Morgan fingerprint density at radius 2 is 1.91 bits per heavy atom. The number of nitrogens with zero attached hydrogens (tertiary/aromatic N) is 4. The molecule has 0 aliphatic carbocycles. The van der Waals surface area contributed by atoms with Gasteiger partial charge in [-0.2, -0.15) is 10.4 Å². The quantitative estimate of drug-likeness (QED) is 0.196. The summed E-state index contributed by atoms with van der Waals surface area (Å²) in [5, 5.41) is 28.2. The zero-order valence-corrected chi connectivity index (χ0v) is 24.7. The number of carbonyl (C=O) groups excluding carboxylic acids is 4. The molecule has 3 heterocycles. The van der Waals surface area contributed by atoms with Crippen molar-refractivity contribution in [3.05, 3.63) is 24.2 Å². The number of hydrogen-bond donors (Lipinski definition) is 3. The molecule has 3 rings (SSSR count). The van der Waals surface area contributed by atoms with Crippen LogP contribution in [0.15, 0.2) is 18.5 Å². The molecule has 4 N–H and O–H groups in total. The highest BCUT2D eigenvalue weighted by Gasteiger charge is 2.60. The lowest BCUT2D eigenvalue weighted by molar-refractivity contribution is -0.161. The Morgan fingerprint density at radius 1 is 1.21 bits per heavy atom. The summed E-state index contributed by atoms with van der Waals surface area (Å²) in [6.07, 6.45) is -4.37. The van der Waals surface area contributed by atoms with Gasteiger partial charge in [0.05, 0.1) is 11.6 Å². The third-order valence-electron chi connectivity index (χ3n) is 6.65. The van der Waals surface area contributed by atoms with E-state index in [0.29, 0.717) is 0 Å². The number of fused-ring (bicyclic) bond motifs is 1. The highest BCUT2D eigenvalue weighted by Crippen LogP contribution is 2.42. The van der Waals surface area contributed by atoms with E-state index in [1.165, 1.54) is 16.6 Å². The number of anilines is 1.